The zero-order chi connectivity index (χ0) is 21.0. The highest BCUT2D eigenvalue weighted by atomic mass is 35.5. The van der Waals surface area contributed by atoms with Gasteiger partial charge >= 0.3 is 5.97 Å². The highest BCUT2D eigenvalue weighted by Crippen LogP contribution is 2.45. The van der Waals surface area contributed by atoms with Crippen LogP contribution >= 0.6 is 34.5 Å². The molecule has 3 N–H and O–H groups in total. The van der Waals surface area contributed by atoms with Crippen molar-refractivity contribution in [3.63, 3.8) is 0 Å². The number of carbonyl (C=O) groups is 2. The number of H-pyrrole nitrogens is 1. The van der Waals surface area contributed by atoms with Crippen LogP contribution in [-0.2, 0) is 11.2 Å². The van der Waals surface area contributed by atoms with Gasteiger partial charge in [-0.1, -0.05) is 60.3 Å². The summed E-state index contributed by atoms with van der Waals surface area (Å²) in [6.07, 6.45) is 3.48. The highest BCUT2D eigenvalue weighted by molar-refractivity contribution is 7.23. The number of hydrogen-bond donors (Lipinski definition) is 3. The van der Waals surface area contributed by atoms with E-state index in [0.717, 1.165) is 28.7 Å². The minimum absolute atomic E-state index is 0.239. The summed E-state index contributed by atoms with van der Waals surface area (Å²) in [6.45, 7) is 0. The Morgan fingerprint density at radius 1 is 1.27 bits per heavy atom. The number of halogens is 2. The van der Waals surface area contributed by atoms with Crippen LogP contribution in [0.2, 0.25) is 9.36 Å². The van der Waals surface area contributed by atoms with Crippen molar-refractivity contribution in [2.75, 3.05) is 0 Å². The van der Waals surface area contributed by atoms with Gasteiger partial charge in [-0.05, 0) is 36.0 Å². The number of aromatic nitrogens is 1. The largest absolute Gasteiger partial charge is 0.481 e. The fourth-order valence-electron chi connectivity index (χ4n) is 4.66. The lowest BCUT2D eigenvalue weighted by Crippen LogP contribution is -2.42. The first-order valence-electron chi connectivity index (χ1n) is 10.0. The lowest BCUT2D eigenvalue weighted by molar-refractivity contribution is -0.143. The van der Waals surface area contributed by atoms with Crippen LogP contribution in [0.5, 0.6) is 0 Å². The number of benzene rings is 1. The summed E-state index contributed by atoms with van der Waals surface area (Å²) >= 11 is 13.6. The molecule has 0 saturated heterocycles. The van der Waals surface area contributed by atoms with E-state index in [0.29, 0.717) is 39.3 Å². The Balaban J connectivity index is 1.43. The molecule has 3 atom stereocenters. The van der Waals surface area contributed by atoms with Crippen LogP contribution in [-0.4, -0.2) is 28.0 Å². The number of fused-ring (bicyclic) bond motifs is 2. The van der Waals surface area contributed by atoms with Crippen molar-refractivity contribution < 1.29 is 14.7 Å². The van der Waals surface area contributed by atoms with Gasteiger partial charge in [-0.3, -0.25) is 9.59 Å². The molecule has 5 rings (SSSR count). The van der Waals surface area contributed by atoms with Gasteiger partial charge in [0.05, 0.1) is 21.2 Å². The van der Waals surface area contributed by atoms with Crippen molar-refractivity contribution in [2.24, 2.45) is 11.8 Å². The van der Waals surface area contributed by atoms with E-state index in [1.54, 1.807) is 6.07 Å². The number of aromatic amines is 1. The zero-order valence-electron chi connectivity index (χ0n) is 16.0. The van der Waals surface area contributed by atoms with Gasteiger partial charge in [0.2, 0.25) is 0 Å². The molecule has 0 aliphatic heterocycles. The van der Waals surface area contributed by atoms with Gasteiger partial charge in [0, 0.05) is 12.0 Å². The Morgan fingerprint density at radius 3 is 2.73 bits per heavy atom. The summed E-state index contributed by atoms with van der Waals surface area (Å²) in [6, 6.07) is 9.40. The summed E-state index contributed by atoms with van der Waals surface area (Å²) in [7, 11) is 0. The third-order valence-electron chi connectivity index (χ3n) is 6.26. The predicted octanol–water partition coefficient (Wildman–Crippen LogP) is 5.48. The molecule has 1 saturated carbocycles. The molecule has 1 aromatic carbocycles. The van der Waals surface area contributed by atoms with E-state index in [9.17, 15) is 14.7 Å². The van der Waals surface area contributed by atoms with Crippen molar-refractivity contribution >= 4 is 56.6 Å². The molecule has 0 radical (unpaired) electrons. The smallest absolute Gasteiger partial charge is 0.307 e. The normalized spacial score (nSPS) is 21.5. The number of carbonyl (C=O) groups excluding carboxylic acids is 1. The van der Waals surface area contributed by atoms with Crippen molar-refractivity contribution in [3.05, 3.63) is 56.5 Å². The van der Waals surface area contributed by atoms with Crippen LogP contribution in [0.3, 0.4) is 0 Å². The van der Waals surface area contributed by atoms with Gasteiger partial charge < -0.3 is 15.4 Å². The highest BCUT2D eigenvalue weighted by Gasteiger charge is 2.44. The number of aliphatic carboxylic acids is 1. The van der Waals surface area contributed by atoms with Crippen molar-refractivity contribution in [2.45, 2.75) is 37.6 Å². The monoisotopic (exact) mass is 462 g/mol. The second kappa shape index (κ2) is 7.59. The maximum atomic E-state index is 13.0. The summed E-state index contributed by atoms with van der Waals surface area (Å²) < 4.78 is 1.30. The van der Waals surface area contributed by atoms with E-state index in [1.807, 2.05) is 24.3 Å². The van der Waals surface area contributed by atoms with E-state index in [1.165, 1.54) is 11.3 Å². The van der Waals surface area contributed by atoms with Gasteiger partial charge in [-0.25, -0.2) is 0 Å². The van der Waals surface area contributed by atoms with E-state index in [4.69, 9.17) is 23.2 Å². The number of rotatable bonds is 6. The summed E-state index contributed by atoms with van der Waals surface area (Å²) in [5, 5.41) is 13.5. The van der Waals surface area contributed by atoms with Crippen LogP contribution in [0.4, 0.5) is 0 Å². The minimum atomic E-state index is -0.787. The molecule has 1 fully saturated rings. The number of carboxylic acids is 1. The van der Waals surface area contributed by atoms with E-state index >= 15 is 0 Å². The predicted molar refractivity (Wildman–Crippen MR) is 119 cm³/mol. The zero-order valence-corrected chi connectivity index (χ0v) is 18.3. The average Bonchev–Trinajstić information content (AvgIpc) is 3.24. The first-order chi connectivity index (χ1) is 14.4. The summed E-state index contributed by atoms with van der Waals surface area (Å²) in [4.78, 5) is 28.2. The molecule has 2 aromatic heterocycles. The van der Waals surface area contributed by atoms with E-state index < -0.39 is 11.9 Å². The van der Waals surface area contributed by atoms with Crippen molar-refractivity contribution in [1.29, 1.82) is 0 Å². The van der Waals surface area contributed by atoms with Crippen LogP contribution in [0.1, 0.15) is 46.8 Å². The molecule has 0 spiro atoms. The van der Waals surface area contributed by atoms with Crippen LogP contribution in [0, 0.1) is 11.8 Å². The molecule has 2 aliphatic rings. The van der Waals surface area contributed by atoms with E-state index in [-0.39, 0.29) is 17.9 Å². The minimum Gasteiger partial charge on any atom is -0.481 e. The van der Waals surface area contributed by atoms with Gasteiger partial charge in [-0.2, -0.15) is 0 Å². The Hall–Kier alpha value is -2.02. The Kier molecular flexibility index (Phi) is 5.04. The summed E-state index contributed by atoms with van der Waals surface area (Å²) in [5.41, 5.74) is 3.20. The number of carboxylic acid groups (broad SMARTS) is 1. The third-order valence-corrected chi connectivity index (χ3v) is 8.19. The lowest BCUT2D eigenvalue weighted by Gasteiger charge is -2.27. The number of amides is 1. The topological polar surface area (TPSA) is 82.2 Å². The number of nitrogens with one attached hydrogen (secondary N) is 2. The fraction of sp³-hybridized carbons (Fsp3) is 0.364. The number of hydrogen-bond acceptors (Lipinski definition) is 3. The number of thiophene rings is 1. The second-order valence-electron chi connectivity index (χ2n) is 8.24. The second-order valence-corrected chi connectivity index (χ2v) is 10.3. The molecule has 2 aliphatic carbocycles. The molecular formula is C22H20Cl2N2O3S. The Bertz CT molecular complexity index is 1150. The first-order valence-corrected chi connectivity index (χ1v) is 11.6. The molecule has 30 heavy (non-hydrogen) atoms. The standard InChI is InChI=1S/C22H20Cl2N2O3S/c23-18-19-16(30-20(18)24)9-15(25-19)21(27)26-14-8-11-3-1-2-4-12(11)17(14)13(22(28)29)7-10-5-6-10/h1-4,9-10,13-14,17,25H,5-8H2,(H,26,27)(H,28,29)/t13-,14-,17+/m1/s1. The molecule has 1 amide bonds. The lowest BCUT2D eigenvalue weighted by atomic mass is 9.81. The summed E-state index contributed by atoms with van der Waals surface area (Å²) in [5.74, 6) is -1.31. The van der Waals surface area contributed by atoms with Crippen molar-refractivity contribution in [3.8, 4) is 0 Å². The van der Waals surface area contributed by atoms with Gasteiger partial charge in [0.1, 0.15) is 10.0 Å². The molecule has 2 heterocycles. The Morgan fingerprint density at radius 2 is 2.03 bits per heavy atom. The van der Waals surface area contributed by atoms with Gasteiger partial charge in [0.25, 0.3) is 5.91 Å². The molecule has 0 unspecified atom stereocenters. The quantitative estimate of drug-likeness (QED) is 0.453. The SMILES string of the molecule is O=C(N[C@@H]1Cc2ccccc2[C@H]1[C@@H](CC1CC1)C(=O)O)c1cc2sc(Cl)c(Cl)c2[nH]1. The molecule has 3 aromatic rings. The molecule has 8 heteroatoms. The van der Waals surface area contributed by atoms with Crippen LogP contribution in [0.15, 0.2) is 30.3 Å². The first kappa shape index (κ1) is 19.9. The molecule has 156 valence electrons. The molecule has 0 bridgehead atoms. The molecule has 5 nitrogen and oxygen atoms in total. The van der Waals surface area contributed by atoms with Crippen molar-refractivity contribution in [1.82, 2.24) is 10.3 Å². The van der Waals surface area contributed by atoms with Gasteiger partial charge in [-0.15, -0.1) is 11.3 Å². The van der Waals surface area contributed by atoms with E-state index in [2.05, 4.69) is 10.3 Å². The maximum absolute atomic E-state index is 13.0. The van der Waals surface area contributed by atoms with Gasteiger partial charge in [0.15, 0.2) is 0 Å². The maximum Gasteiger partial charge on any atom is 0.307 e. The van der Waals surface area contributed by atoms with Crippen LogP contribution in [0.25, 0.3) is 10.2 Å². The molecular weight excluding hydrogens is 443 g/mol. The fourth-order valence-corrected chi connectivity index (χ4v) is 6.15. The Labute approximate surface area is 187 Å². The van der Waals surface area contributed by atoms with Crippen LogP contribution < -0.4 is 5.32 Å². The third kappa shape index (κ3) is 3.51. The average molecular weight is 463 g/mol.